The number of rotatable bonds is 7. The second-order valence-electron chi connectivity index (χ2n) is 10.4. The van der Waals surface area contributed by atoms with E-state index in [0.717, 1.165) is 28.9 Å². The van der Waals surface area contributed by atoms with Crippen LogP contribution in [0.2, 0.25) is 0 Å². The Bertz CT molecular complexity index is 1010. The highest BCUT2D eigenvalue weighted by Gasteiger charge is 2.26. The van der Waals surface area contributed by atoms with Crippen LogP contribution in [0.15, 0.2) is 54.1 Å². The minimum absolute atomic E-state index is 0.00822. The first kappa shape index (κ1) is 25.5. The smallest absolute Gasteiger partial charge is 0.328 e. The van der Waals surface area contributed by atoms with Gasteiger partial charge >= 0.3 is 5.97 Å². The van der Waals surface area contributed by atoms with Gasteiger partial charge in [0.15, 0.2) is 0 Å². The van der Waals surface area contributed by atoms with E-state index in [1.54, 1.807) is 6.92 Å². The lowest BCUT2D eigenvalue weighted by Gasteiger charge is -2.29. The Labute approximate surface area is 193 Å². The third kappa shape index (κ3) is 6.85. The molecule has 0 amide bonds. The molecule has 0 unspecified atom stereocenters. The molecule has 0 spiro atoms. The average molecular weight is 435 g/mol. The number of carbonyl (C=O) groups is 1. The minimum atomic E-state index is -0.938. The summed E-state index contributed by atoms with van der Waals surface area (Å²) in [5.41, 5.74) is 6.35. The fourth-order valence-corrected chi connectivity index (χ4v) is 3.47. The molecule has 2 aromatic rings. The maximum atomic E-state index is 10.9. The molecular weight excluding hydrogens is 396 g/mol. The van der Waals surface area contributed by atoms with Gasteiger partial charge in [-0.05, 0) is 58.6 Å². The van der Waals surface area contributed by atoms with E-state index in [2.05, 4.69) is 72.7 Å². The third-order valence-corrected chi connectivity index (χ3v) is 5.30. The summed E-state index contributed by atoms with van der Waals surface area (Å²) >= 11 is 0. The summed E-state index contributed by atoms with van der Waals surface area (Å²) in [5, 5.41) is 8.93. The van der Waals surface area contributed by atoms with Crippen LogP contribution in [0.4, 0.5) is 0 Å². The molecular formula is C29H38O3. The zero-order chi connectivity index (χ0) is 24.1. The molecule has 172 valence electrons. The van der Waals surface area contributed by atoms with Crippen LogP contribution in [0.25, 0.3) is 17.2 Å². The molecule has 0 heterocycles. The van der Waals surface area contributed by atoms with Gasteiger partial charge in [0.2, 0.25) is 0 Å². The van der Waals surface area contributed by atoms with Crippen molar-refractivity contribution in [2.45, 2.75) is 72.6 Å². The van der Waals surface area contributed by atoms with Crippen LogP contribution >= 0.6 is 0 Å². The van der Waals surface area contributed by atoms with Crippen molar-refractivity contribution in [1.82, 2.24) is 0 Å². The first-order valence-corrected chi connectivity index (χ1v) is 11.3. The maximum Gasteiger partial charge on any atom is 0.328 e. The summed E-state index contributed by atoms with van der Waals surface area (Å²) in [5.74, 6) is 0.0164. The Morgan fingerprint density at radius 2 is 1.72 bits per heavy atom. The molecule has 0 aliphatic rings. The van der Waals surface area contributed by atoms with Gasteiger partial charge in [-0.2, -0.15) is 0 Å². The predicted molar refractivity (Wildman–Crippen MR) is 135 cm³/mol. The first-order chi connectivity index (χ1) is 14.8. The highest BCUT2D eigenvalue weighted by atomic mass is 16.5. The Balaban J connectivity index is 2.69. The largest absolute Gasteiger partial charge is 0.493 e. The van der Waals surface area contributed by atoms with E-state index >= 15 is 0 Å². The quantitative estimate of drug-likeness (QED) is 0.357. The molecule has 0 saturated heterocycles. The van der Waals surface area contributed by atoms with E-state index in [-0.39, 0.29) is 10.8 Å². The van der Waals surface area contributed by atoms with E-state index < -0.39 is 5.97 Å². The Morgan fingerprint density at radius 1 is 1.03 bits per heavy atom. The maximum absolute atomic E-state index is 10.9. The molecule has 0 aromatic heterocycles. The molecule has 0 bridgehead atoms. The van der Waals surface area contributed by atoms with Crippen LogP contribution in [0.1, 0.15) is 78.5 Å². The predicted octanol–water partition coefficient (Wildman–Crippen LogP) is 7.78. The molecule has 0 radical (unpaired) electrons. The summed E-state index contributed by atoms with van der Waals surface area (Å²) in [6, 6.07) is 12.9. The van der Waals surface area contributed by atoms with E-state index in [0.29, 0.717) is 12.2 Å². The lowest BCUT2D eigenvalue weighted by molar-refractivity contribution is -0.131. The summed E-state index contributed by atoms with van der Waals surface area (Å²) in [6.45, 7) is 18.0. The second-order valence-corrected chi connectivity index (χ2v) is 10.4. The molecule has 32 heavy (non-hydrogen) atoms. The van der Waals surface area contributed by atoms with Gasteiger partial charge in [0.05, 0.1) is 6.61 Å². The van der Waals surface area contributed by atoms with E-state index in [4.69, 9.17) is 9.84 Å². The fraction of sp³-hybridized carbons (Fsp3) is 0.414. The fourth-order valence-electron chi connectivity index (χ4n) is 3.47. The molecule has 3 nitrogen and oxygen atoms in total. The number of aliphatic carboxylic acids is 1. The number of ether oxygens (including phenoxy) is 1. The van der Waals surface area contributed by atoms with E-state index in [1.807, 2.05) is 24.3 Å². The topological polar surface area (TPSA) is 46.5 Å². The molecule has 3 heteroatoms. The Hall–Kier alpha value is -2.81. The number of hydrogen-bond donors (Lipinski definition) is 1. The summed E-state index contributed by atoms with van der Waals surface area (Å²) in [7, 11) is 0. The van der Waals surface area contributed by atoms with Crippen LogP contribution in [0, 0.1) is 0 Å². The molecule has 1 N–H and O–H groups in total. The molecule has 0 fully saturated rings. The van der Waals surface area contributed by atoms with E-state index in [1.165, 1.54) is 17.2 Å². The molecule has 2 aromatic carbocycles. The molecule has 0 atom stereocenters. The number of carboxylic acids is 1. The van der Waals surface area contributed by atoms with Crippen molar-refractivity contribution >= 4 is 12.0 Å². The average Bonchev–Trinajstić information content (AvgIpc) is 2.68. The Morgan fingerprint density at radius 3 is 2.28 bits per heavy atom. The zero-order valence-electron chi connectivity index (χ0n) is 20.9. The summed E-state index contributed by atoms with van der Waals surface area (Å²) < 4.78 is 6.36. The van der Waals surface area contributed by atoms with Crippen LogP contribution in [0.3, 0.4) is 0 Å². The van der Waals surface area contributed by atoms with Gasteiger partial charge in [-0.1, -0.05) is 84.9 Å². The number of benzene rings is 2. The van der Waals surface area contributed by atoms with Crippen molar-refractivity contribution in [1.29, 1.82) is 0 Å². The number of carboxylic acid groups (broad SMARTS) is 1. The standard InChI is InChI=1S/C29H38O3/c1-9-15-32-27-24(18-23(28(3,4)5)19-25(27)29(6,7)8)22-12-10-11-21(17-22)14-13-20(2)16-26(30)31/h10-14,16-19H,9,15H2,1-8H3,(H,30,31)/b14-13+,20-16+. The lowest BCUT2D eigenvalue weighted by Crippen LogP contribution is -2.18. The van der Waals surface area contributed by atoms with Crippen molar-refractivity contribution in [3.63, 3.8) is 0 Å². The number of allylic oxidation sites excluding steroid dienone is 2. The van der Waals surface area contributed by atoms with Crippen molar-refractivity contribution in [2.24, 2.45) is 0 Å². The minimum Gasteiger partial charge on any atom is -0.493 e. The monoisotopic (exact) mass is 434 g/mol. The number of hydrogen-bond acceptors (Lipinski definition) is 2. The van der Waals surface area contributed by atoms with Gasteiger partial charge < -0.3 is 9.84 Å². The van der Waals surface area contributed by atoms with Crippen LogP contribution in [-0.2, 0) is 15.6 Å². The summed E-state index contributed by atoms with van der Waals surface area (Å²) in [6.07, 6.45) is 5.93. The van der Waals surface area contributed by atoms with Crippen molar-refractivity contribution in [2.75, 3.05) is 6.61 Å². The zero-order valence-corrected chi connectivity index (χ0v) is 20.9. The van der Waals surface area contributed by atoms with Crippen molar-refractivity contribution < 1.29 is 14.6 Å². The lowest BCUT2D eigenvalue weighted by atomic mass is 9.78. The van der Waals surface area contributed by atoms with Gasteiger partial charge in [0.1, 0.15) is 5.75 Å². The molecule has 0 aliphatic heterocycles. The van der Waals surface area contributed by atoms with Gasteiger partial charge in [0.25, 0.3) is 0 Å². The second kappa shape index (κ2) is 10.2. The molecule has 2 rings (SSSR count). The molecule has 0 aliphatic carbocycles. The normalized spacial score (nSPS) is 12.9. The van der Waals surface area contributed by atoms with Gasteiger partial charge in [-0.3, -0.25) is 0 Å². The Kier molecular flexibility index (Phi) is 8.12. The van der Waals surface area contributed by atoms with Crippen LogP contribution < -0.4 is 4.74 Å². The highest BCUT2D eigenvalue weighted by molar-refractivity contribution is 5.81. The van der Waals surface area contributed by atoms with Gasteiger partial charge in [-0.25, -0.2) is 4.79 Å². The van der Waals surface area contributed by atoms with Gasteiger partial charge in [0, 0.05) is 17.2 Å². The van der Waals surface area contributed by atoms with Crippen molar-refractivity contribution in [3.05, 3.63) is 70.8 Å². The highest BCUT2D eigenvalue weighted by Crippen LogP contribution is 2.43. The van der Waals surface area contributed by atoms with Crippen molar-refractivity contribution in [3.8, 4) is 16.9 Å². The third-order valence-electron chi connectivity index (χ3n) is 5.30. The summed E-state index contributed by atoms with van der Waals surface area (Å²) in [4.78, 5) is 10.9. The van der Waals surface area contributed by atoms with Crippen LogP contribution in [0.5, 0.6) is 5.75 Å². The SMILES string of the molecule is CCCOc1c(-c2cccc(/C=C/C(C)=C/C(=O)O)c2)cc(C(C)(C)C)cc1C(C)(C)C. The molecule has 0 saturated carbocycles. The van der Waals surface area contributed by atoms with Crippen LogP contribution in [-0.4, -0.2) is 17.7 Å². The van der Waals surface area contributed by atoms with E-state index in [9.17, 15) is 4.79 Å². The first-order valence-electron chi connectivity index (χ1n) is 11.3. The van der Waals surface area contributed by atoms with Gasteiger partial charge in [-0.15, -0.1) is 0 Å².